The molecule has 2 fully saturated rings. The van der Waals surface area contributed by atoms with Crippen LogP contribution in [0.15, 0.2) is 12.4 Å². The number of ether oxygens (including phenoxy) is 1. The van der Waals surface area contributed by atoms with E-state index in [4.69, 9.17) is 4.74 Å². The van der Waals surface area contributed by atoms with E-state index in [1.165, 1.54) is 19.3 Å². The molecule has 2 N–H and O–H groups in total. The average molecular weight is 292 g/mol. The lowest BCUT2D eigenvalue weighted by Gasteiger charge is -2.48. The maximum Gasteiger partial charge on any atom is 0.254 e. The Labute approximate surface area is 125 Å². The third-order valence-corrected chi connectivity index (χ3v) is 4.79. The second-order valence-corrected chi connectivity index (χ2v) is 6.05. The number of likely N-dealkylation sites (tertiary alicyclic amines) is 1. The lowest BCUT2D eigenvalue weighted by atomic mass is 9.86. The third-order valence-electron chi connectivity index (χ3n) is 4.79. The van der Waals surface area contributed by atoms with Crippen LogP contribution in [0.5, 0.6) is 0 Å². The van der Waals surface area contributed by atoms with Crippen molar-refractivity contribution in [3.8, 4) is 0 Å². The predicted octanol–water partition coefficient (Wildman–Crippen LogP) is 1.17. The summed E-state index contributed by atoms with van der Waals surface area (Å²) in [6, 6.07) is 0. The molecule has 3 rings (SSSR count). The molecule has 0 aromatic carbocycles. The molecule has 0 spiro atoms. The summed E-state index contributed by atoms with van der Waals surface area (Å²) in [7, 11) is 0. The molecule has 0 aliphatic carbocycles. The Morgan fingerprint density at radius 1 is 1.33 bits per heavy atom. The molecule has 116 valence electrons. The summed E-state index contributed by atoms with van der Waals surface area (Å²) in [5, 5.41) is 9.61. The van der Waals surface area contributed by atoms with E-state index >= 15 is 0 Å². The molecule has 0 radical (unpaired) electrons. The number of carbonyl (C=O) groups excluding carboxylic acids is 1. The molecule has 0 unspecified atom stereocenters. The van der Waals surface area contributed by atoms with Crippen molar-refractivity contribution in [3.05, 3.63) is 18.0 Å². The summed E-state index contributed by atoms with van der Waals surface area (Å²) in [6.07, 6.45) is 9.04. The van der Waals surface area contributed by atoms with Crippen molar-refractivity contribution in [2.24, 2.45) is 0 Å². The van der Waals surface area contributed by atoms with Crippen molar-refractivity contribution in [2.75, 3.05) is 32.8 Å². The number of hydrogen-bond acceptors (Lipinski definition) is 4. The van der Waals surface area contributed by atoms with Gasteiger partial charge in [-0.05, 0) is 38.8 Å². The van der Waals surface area contributed by atoms with E-state index < -0.39 is 0 Å². The predicted molar refractivity (Wildman–Crippen MR) is 79.1 cm³/mol. The van der Waals surface area contributed by atoms with Gasteiger partial charge in [0.15, 0.2) is 0 Å². The largest absolute Gasteiger partial charge is 0.381 e. The van der Waals surface area contributed by atoms with Crippen LogP contribution in [-0.2, 0) is 4.74 Å². The van der Waals surface area contributed by atoms with Crippen molar-refractivity contribution < 1.29 is 9.53 Å². The number of hydrogen-bond donors (Lipinski definition) is 2. The second-order valence-electron chi connectivity index (χ2n) is 6.05. The van der Waals surface area contributed by atoms with Crippen LogP contribution in [0.1, 0.15) is 42.5 Å². The van der Waals surface area contributed by atoms with Gasteiger partial charge in [-0.25, -0.2) is 0 Å². The van der Waals surface area contributed by atoms with Crippen LogP contribution < -0.4 is 5.32 Å². The zero-order valence-corrected chi connectivity index (χ0v) is 12.4. The number of rotatable bonds is 4. The minimum Gasteiger partial charge on any atom is -0.381 e. The van der Waals surface area contributed by atoms with E-state index in [1.54, 1.807) is 12.4 Å². The van der Waals surface area contributed by atoms with Crippen molar-refractivity contribution in [3.63, 3.8) is 0 Å². The lowest BCUT2D eigenvalue weighted by molar-refractivity contribution is -0.0349. The topological polar surface area (TPSA) is 70.2 Å². The fourth-order valence-electron chi connectivity index (χ4n) is 3.45. The number of aromatic nitrogens is 2. The summed E-state index contributed by atoms with van der Waals surface area (Å²) >= 11 is 0. The first-order chi connectivity index (χ1) is 10.3. The lowest BCUT2D eigenvalue weighted by Crippen LogP contribution is -2.59. The van der Waals surface area contributed by atoms with Crippen molar-refractivity contribution >= 4 is 5.91 Å². The zero-order chi connectivity index (χ0) is 14.5. The first kappa shape index (κ1) is 14.5. The van der Waals surface area contributed by atoms with Crippen LogP contribution in [0.25, 0.3) is 0 Å². The molecule has 3 heterocycles. The Balaban J connectivity index is 1.65. The van der Waals surface area contributed by atoms with Gasteiger partial charge in [-0.2, -0.15) is 5.10 Å². The Kier molecular flexibility index (Phi) is 4.55. The number of nitrogens with one attached hydrogen (secondary N) is 2. The molecule has 21 heavy (non-hydrogen) atoms. The molecule has 0 atom stereocenters. The molecule has 0 saturated carbocycles. The van der Waals surface area contributed by atoms with Crippen LogP contribution in [0, 0.1) is 0 Å². The van der Waals surface area contributed by atoms with E-state index in [9.17, 15) is 4.79 Å². The van der Waals surface area contributed by atoms with Crippen LogP contribution in [-0.4, -0.2) is 59.4 Å². The van der Waals surface area contributed by atoms with Gasteiger partial charge >= 0.3 is 0 Å². The Bertz CT molecular complexity index is 448. The second kappa shape index (κ2) is 6.58. The fraction of sp³-hybridized carbons (Fsp3) is 0.733. The summed E-state index contributed by atoms with van der Waals surface area (Å²) in [5.74, 6) is -0.0494. The van der Waals surface area contributed by atoms with Crippen LogP contribution >= 0.6 is 0 Å². The highest BCUT2D eigenvalue weighted by Crippen LogP contribution is 2.30. The van der Waals surface area contributed by atoms with Crippen LogP contribution in [0.4, 0.5) is 0 Å². The molecular weight excluding hydrogens is 268 g/mol. The van der Waals surface area contributed by atoms with Crippen LogP contribution in [0.3, 0.4) is 0 Å². The zero-order valence-electron chi connectivity index (χ0n) is 12.4. The Hall–Kier alpha value is -1.40. The quantitative estimate of drug-likeness (QED) is 0.874. The van der Waals surface area contributed by atoms with Crippen molar-refractivity contribution in [1.29, 1.82) is 0 Å². The first-order valence-corrected chi connectivity index (χ1v) is 7.90. The van der Waals surface area contributed by atoms with Gasteiger partial charge in [-0.15, -0.1) is 0 Å². The first-order valence-electron chi connectivity index (χ1n) is 7.90. The summed E-state index contributed by atoms with van der Waals surface area (Å²) in [6.45, 7) is 4.56. The maximum absolute atomic E-state index is 12.2. The van der Waals surface area contributed by atoms with Gasteiger partial charge < -0.3 is 10.1 Å². The molecule has 2 saturated heterocycles. The summed E-state index contributed by atoms with van der Waals surface area (Å²) < 4.78 is 5.54. The van der Waals surface area contributed by atoms with Gasteiger partial charge in [0.1, 0.15) is 0 Å². The van der Waals surface area contributed by atoms with Crippen molar-refractivity contribution in [2.45, 2.75) is 37.6 Å². The molecule has 6 nitrogen and oxygen atoms in total. The van der Waals surface area contributed by atoms with Gasteiger partial charge in [0.05, 0.1) is 11.8 Å². The van der Waals surface area contributed by atoms with E-state index in [0.29, 0.717) is 12.1 Å². The smallest absolute Gasteiger partial charge is 0.254 e. The third kappa shape index (κ3) is 3.27. The summed E-state index contributed by atoms with van der Waals surface area (Å²) in [5.41, 5.74) is 0.661. The highest BCUT2D eigenvalue weighted by Gasteiger charge is 2.39. The number of amides is 1. The molecule has 1 aromatic rings. The SMILES string of the molecule is O=C(NCC1(N2CCCCC2)CCOCC1)c1cn[nH]c1. The average Bonchev–Trinajstić information content (AvgIpc) is 3.09. The molecule has 2 aliphatic heterocycles. The molecule has 0 bridgehead atoms. The molecular formula is C15H24N4O2. The fourth-order valence-corrected chi connectivity index (χ4v) is 3.45. The van der Waals surface area contributed by atoms with Crippen LogP contribution in [0.2, 0.25) is 0 Å². The molecule has 1 aromatic heterocycles. The van der Waals surface area contributed by atoms with Gasteiger partial charge in [-0.1, -0.05) is 6.42 Å². The summed E-state index contributed by atoms with van der Waals surface area (Å²) in [4.78, 5) is 14.7. The van der Waals surface area contributed by atoms with Gasteiger partial charge in [0.25, 0.3) is 5.91 Å². The van der Waals surface area contributed by atoms with E-state index in [1.807, 2.05) is 0 Å². The van der Waals surface area contributed by atoms with E-state index in [2.05, 4.69) is 20.4 Å². The van der Waals surface area contributed by atoms with Gasteiger partial charge in [0, 0.05) is 31.5 Å². The monoisotopic (exact) mass is 292 g/mol. The minimum atomic E-state index is -0.0494. The number of carbonyl (C=O) groups is 1. The minimum absolute atomic E-state index is 0.0494. The standard InChI is InChI=1S/C15H24N4O2/c20-14(13-10-17-18-11-13)16-12-15(4-8-21-9-5-15)19-6-2-1-3-7-19/h10-11H,1-9,12H2,(H,16,20)(H,17,18). The van der Waals surface area contributed by atoms with Gasteiger partial charge in [-0.3, -0.25) is 14.8 Å². The number of aromatic amines is 1. The normalized spacial score (nSPS) is 22.9. The van der Waals surface area contributed by atoms with E-state index in [-0.39, 0.29) is 11.4 Å². The van der Waals surface area contributed by atoms with Crippen molar-refractivity contribution in [1.82, 2.24) is 20.4 Å². The number of H-pyrrole nitrogens is 1. The Morgan fingerprint density at radius 3 is 2.76 bits per heavy atom. The molecule has 2 aliphatic rings. The highest BCUT2D eigenvalue weighted by atomic mass is 16.5. The Morgan fingerprint density at radius 2 is 2.10 bits per heavy atom. The van der Waals surface area contributed by atoms with E-state index in [0.717, 1.165) is 39.1 Å². The molecule has 6 heteroatoms. The number of piperidine rings is 1. The maximum atomic E-state index is 12.2. The number of nitrogens with zero attached hydrogens (tertiary/aromatic N) is 2. The molecule has 1 amide bonds. The van der Waals surface area contributed by atoms with Gasteiger partial charge in [0.2, 0.25) is 0 Å². The highest BCUT2D eigenvalue weighted by molar-refractivity contribution is 5.93.